The standard InChI is InChI=1S/C14H14BrClN2O/c15-10-1-2-13(16)11(7-10)14(19)12(8-17)9-3-5-18-6-4-9/h1-7,12,14,19H,8,17H2. The number of nitrogens with two attached hydrogens (primary N) is 1. The molecule has 0 amide bonds. The largest absolute Gasteiger partial charge is 0.388 e. The van der Waals surface area contributed by atoms with Gasteiger partial charge in [0.05, 0.1) is 6.10 Å². The molecule has 2 rings (SSSR count). The summed E-state index contributed by atoms with van der Waals surface area (Å²) in [5.41, 5.74) is 7.41. The van der Waals surface area contributed by atoms with Crippen LogP contribution in [0.15, 0.2) is 47.2 Å². The fourth-order valence-electron chi connectivity index (χ4n) is 2.02. The van der Waals surface area contributed by atoms with Gasteiger partial charge >= 0.3 is 0 Å². The Labute approximate surface area is 125 Å². The van der Waals surface area contributed by atoms with Crippen molar-refractivity contribution in [2.45, 2.75) is 12.0 Å². The molecule has 3 nitrogen and oxygen atoms in total. The minimum atomic E-state index is -0.752. The monoisotopic (exact) mass is 340 g/mol. The molecule has 0 saturated carbocycles. The molecule has 0 aliphatic rings. The fraction of sp³-hybridized carbons (Fsp3) is 0.214. The number of benzene rings is 1. The second kappa shape index (κ2) is 6.48. The topological polar surface area (TPSA) is 59.1 Å². The molecule has 2 aromatic rings. The van der Waals surface area contributed by atoms with Gasteiger partial charge in [-0.25, -0.2) is 0 Å². The molecule has 100 valence electrons. The first kappa shape index (κ1) is 14.5. The Morgan fingerprint density at radius 3 is 2.58 bits per heavy atom. The van der Waals surface area contributed by atoms with E-state index in [1.165, 1.54) is 0 Å². The Balaban J connectivity index is 2.36. The first-order valence-electron chi connectivity index (χ1n) is 5.86. The van der Waals surface area contributed by atoms with E-state index in [1.54, 1.807) is 18.5 Å². The van der Waals surface area contributed by atoms with Crippen LogP contribution in [0.1, 0.15) is 23.1 Å². The molecule has 0 bridgehead atoms. The normalized spacial score (nSPS) is 14.1. The fourth-order valence-corrected chi connectivity index (χ4v) is 2.62. The van der Waals surface area contributed by atoms with Crippen LogP contribution in [0.3, 0.4) is 0 Å². The molecular formula is C14H14BrClN2O. The minimum Gasteiger partial charge on any atom is -0.388 e. The quantitative estimate of drug-likeness (QED) is 0.897. The van der Waals surface area contributed by atoms with Crippen molar-refractivity contribution in [1.82, 2.24) is 4.98 Å². The molecule has 1 heterocycles. The maximum atomic E-state index is 10.5. The van der Waals surface area contributed by atoms with Crippen molar-refractivity contribution in [3.8, 4) is 0 Å². The lowest BCUT2D eigenvalue weighted by Gasteiger charge is -2.23. The SMILES string of the molecule is NCC(c1ccncc1)C(O)c1cc(Br)ccc1Cl. The van der Waals surface area contributed by atoms with E-state index in [2.05, 4.69) is 20.9 Å². The predicted octanol–water partition coefficient (Wildman–Crippen LogP) is 3.27. The average molecular weight is 342 g/mol. The summed E-state index contributed by atoms with van der Waals surface area (Å²) < 4.78 is 0.872. The highest BCUT2D eigenvalue weighted by Gasteiger charge is 2.23. The molecule has 0 aliphatic carbocycles. The first-order chi connectivity index (χ1) is 9.13. The molecule has 2 atom stereocenters. The van der Waals surface area contributed by atoms with Crippen LogP contribution in [0.4, 0.5) is 0 Å². The summed E-state index contributed by atoms with van der Waals surface area (Å²) in [5.74, 6) is -0.213. The molecule has 0 radical (unpaired) electrons. The number of rotatable bonds is 4. The summed E-state index contributed by atoms with van der Waals surface area (Å²) in [6.45, 7) is 0.327. The first-order valence-corrected chi connectivity index (χ1v) is 7.03. The van der Waals surface area contributed by atoms with Crippen LogP contribution in [-0.2, 0) is 0 Å². The van der Waals surface area contributed by atoms with Crippen molar-refractivity contribution < 1.29 is 5.11 Å². The number of nitrogens with zero attached hydrogens (tertiary/aromatic N) is 1. The molecule has 0 aliphatic heterocycles. The highest BCUT2D eigenvalue weighted by atomic mass is 79.9. The van der Waals surface area contributed by atoms with Crippen molar-refractivity contribution in [3.63, 3.8) is 0 Å². The van der Waals surface area contributed by atoms with Gasteiger partial charge in [-0.1, -0.05) is 27.5 Å². The molecule has 3 N–H and O–H groups in total. The van der Waals surface area contributed by atoms with Gasteiger partial charge in [-0.2, -0.15) is 0 Å². The Morgan fingerprint density at radius 1 is 1.26 bits per heavy atom. The van der Waals surface area contributed by atoms with E-state index < -0.39 is 6.10 Å². The molecule has 1 aromatic carbocycles. The van der Waals surface area contributed by atoms with Crippen LogP contribution in [0.2, 0.25) is 5.02 Å². The van der Waals surface area contributed by atoms with Crippen molar-refractivity contribution in [1.29, 1.82) is 0 Å². The van der Waals surface area contributed by atoms with Crippen molar-refractivity contribution in [2.24, 2.45) is 5.73 Å². The Kier molecular flexibility index (Phi) is 4.93. The van der Waals surface area contributed by atoms with Gasteiger partial charge in [-0.3, -0.25) is 4.98 Å². The van der Waals surface area contributed by atoms with Gasteiger partial charge in [-0.05, 0) is 35.9 Å². The molecule has 0 saturated heterocycles. The number of hydrogen-bond acceptors (Lipinski definition) is 3. The number of pyridine rings is 1. The van der Waals surface area contributed by atoms with Gasteiger partial charge in [0, 0.05) is 39.9 Å². The van der Waals surface area contributed by atoms with Gasteiger partial charge in [0.25, 0.3) is 0 Å². The molecular weight excluding hydrogens is 328 g/mol. The summed E-state index contributed by atoms with van der Waals surface area (Å²) in [6.07, 6.45) is 2.62. The Bertz CT molecular complexity index is 550. The average Bonchev–Trinajstić information content (AvgIpc) is 2.43. The van der Waals surface area contributed by atoms with Gasteiger partial charge in [0.2, 0.25) is 0 Å². The number of hydrogen-bond donors (Lipinski definition) is 2. The van der Waals surface area contributed by atoms with E-state index in [9.17, 15) is 5.11 Å². The summed E-state index contributed by atoms with van der Waals surface area (Å²) in [4.78, 5) is 3.97. The van der Waals surface area contributed by atoms with Crippen molar-refractivity contribution in [2.75, 3.05) is 6.54 Å². The molecule has 0 spiro atoms. The minimum absolute atomic E-state index is 0.213. The van der Waals surface area contributed by atoms with E-state index >= 15 is 0 Å². The summed E-state index contributed by atoms with van der Waals surface area (Å²) in [6, 6.07) is 9.11. The van der Waals surface area contributed by atoms with E-state index in [0.717, 1.165) is 10.0 Å². The zero-order valence-electron chi connectivity index (χ0n) is 10.1. The lowest BCUT2D eigenvalue weighted by Crippen LogP contribution is -2.20. The summed E-state index contributed by atoms with van der Waals surface area (Å²) in [7, 11) is 0. The summed E-state index contributed by atoms with van der Waals surface area (Å²) in [5, 5.41) is 11.1. The third kappa shape index (κ3) is 3.34. The van der Waals surface area contributed by atoms with Gasteiger partial charge in [-0.15, -0.1) is 0 Å². The molecule has 19 heavy (non-hydrogen) atoms. The highest BCUT2D eigenvalue weighted by molar-refractivity contribution is 9.10. The summed E-state index contributed by atoms with van der Waals surface area (Å²) >= 11 is 9.53. The van der Waals surface area contributed by atoms with Crippen LogP contribution in [-0.4, -0.2) is 16.6 Å². The lowest BCUT2D eigenvalue weighted by molar-refractivity contribution is 0.147. The second-order valence-electron chi connectivity index (χ2n) is 4.23. The van der Waals surface area contributed by atoms with Gasteiger partial charge in [0.1, 0.15) is 0 Å². The van der Waals surface area contributed by atoms with Crippen LogP contribution in [0, 0.1) is 0 Å². The van der Waals surface area contributed by atoms with Crippen molar-refractivity contribution >= 4 is 27.5 Å². The Hall–Kier alpha value is -0.940. The smallest absolute Gasteiger partial charge is 0.0885 e. The zero-order chi connectivity index (χ0) is 13.8. The number of aliphatic hydroxyl groups excluding tert-OH is 1. The van der Waals surface area contributed by atoms with Crippen LogP contribution in [0.5, 0.6) is 0 Å². The van der Waals surface area contributed by atoms with Crippen molar-refractivity contribution in [3.05, 3.63) is 63.3 Å². The maximum Gasteiger partial charge on any atom is 0.0885 e. The number of aromatic nitrogens is 1. The maximum absolute atomic E-state index is 10.5. The lowest BCUT2D eigenvalue weighted by atomic mass is 9.90. The number of halogens is 2. The van der Waals surface area contributed by atoms with Crippen LogP contribution in [0.25, 0.3) is 0 Å². The van der Waals surface area contributed by atoms with E-state index in [4.69, 9.17) is 17.3 Å². The second-order valence-corrected chi connectivity index (χ2v) is 5.56. The van der Waals surface area contributed by atoms with E-state index in [0.29, 0.717) is 17.1 Å². The third-order valence-electron chi connectivity index (χ3n) is 3.05. The molecule has 2 unspecified atom stereocenters. The molecule has 0 fully saturated rings. The molecule has 5 heteroatoms. The van der Waals surface area contributed by atoms with Crippen LogP contribution < -0.4 is 5.73 Å². The predicted molar refractivity (Wildman–Crippen MR) is 80.1 cm³/mol. The number of aliphatic hydroxyl groups is 1. The highest BCUT2D eigenvalue weighted by Crippen LogP contribution is 2.35. The molecule has 1 aromatic heterocycles. The van der Waals surface area contributed by atoms with E-state index in [1.807, 2.05) is 24.3 Å². The Morgan fingerprint density at radius 2 is 1.95 bits per heavy atom. The van der Waals surface area contributed by atoms with Gasteiger partial charge < -0.3 is 10.8 Å². The third-order valence-corrected chi connectivity index (χ3v) is 3.88. The van der Waals surface area contributed by atoms with Crippen LogP contribution >= 0.6 is 27.5 Å². The van der Waals surface area contributed by atoms with E-state index in [-0.39, 0.29) is 5.92 Å². The zero-order valence-corrected chi connectivity index (χ0v) is 12.5. The van der Waals surface area contributed by atoms with Gasteiger partial charge in [0.15, 0.2) is 0 Å².